The Labute approximate surface area is 147 Å². The van der Waals surface area contributed by atoms with Gasteiger partial charge >= 0.3 is 0 Å². The van der Waals surface area contributed by atoms with Crippen LogP contribution in [0.25, 0.3) is 22.4 Å². The lowest BCUT2D eigenvalue weighted by Crippen LogP contribution is -2.22. The zero-order valence-corrected chi connectivity index (χ0v) is 14.3. The van der Waals surface area contributed by atoms with E-state index < -0.39 is 0 Å². The van der Waals surface area contributed by atoms with Gasteiger partial charge in [-0.15, -0.1) is 0 Å². The minimum atomic E-state index is 0.0629. The minimum absolute atomic E-state index is 0.0629. The molecule has 0 bridgehead atoms. The molecule has 0 aliphatic heterocycles. The zero-order valence-electron chi connectivity index (χ0n) is 14.3. The van der Waals surface area contributed by atoms with Gasteiger partial charge in [-0.05, 0) is 31.4 Å². The maximum atomic E-state index is 9.66. The van der Waals surface area contributed by atoms with E-state index in [-0.39, 0.29) is 6.04 Å². The lowest BCUT2D eigenvalue weighted by atomic mass is 9.94. The molecule has 0 radical (unpaired) electrons. The van der Waals surface area contributed by atoms with Gasteiger partial charge in [0.2, 0.25) is 0 Å². The average Bonchev–Trinajstić information content (AvgIpc) is 3.02. The number of oxime groups is 1. The van der Waals surface area contributed by atoms with E-state index in [0.717, 1.165) is 53.8 Å². The summed E-state index contributed by atoms with van der Waals surface area (Å²) in [6.45, 7) is 0. The monoisotopic (exact) mass is 333 g/mol. The highest BCUT2D eigenvalue weighted by Gasteiger charge is 2.25. The van der Waals surface area contributed by atoms with Crippen molar-refractivity contribution in [2.45, 2.75) is 44.6 Å². The van der Waals surface area contributed by atoms with E-state index in [4.69, 9.17) is 4.98 Å². The number of hydrogen-bond acceptors (Lipinski definition) is 3. The lowest BCUT2D eigenvalue weighted by Gasteiger charge is -2.25. The van der Waals surface area contributed by atoms with Gasteiger partial charge in [0.1, 0.15) is 5.82 Å². The third-order valence-corrected chi connectivity index (χ3v) is 5.11. The molecule has 1 aliphatic rings. The maximum Gasteiger partial charge on any atom is 0.141 e. The van der Waals surface area contributed by atoms with Gasteiger partial charge in [0.05, 0.1) is 22.8 Å². The van der Waals surface area contributed by atoms with Gasteiger partial charge in [-0.25, -0.2) is 4.98 Å². The fraction of sp³-hybridized carbons (Fsp3) is 0.333. The highest BCUT2D eigenvalue weighted by atomic mass is 16.4. The maximum absolute atomic E-state index is 9.66. The van der Waals surface area contributed by atoms with E-state index >= 15 is 0 Å². The number of aromatic nitrogens is 2. The van der Waals surface area contributed by atoms with E-state index in [1.165, 1.54) is 12.8 Å². The van der Waals surface area contributed by atoms with Crippen molar-refractivity contribution in [3.63, 3.8) is 0 Å². The van der Waals surface area contributed by atoms with E-state index in [9.17, 15) is 5.21 Å². The van der Waals surface area contributed by atoms with E-state index in [2.05, 4.69) is 34.0 Å². The molecule has 0 saturated heterocycles. The molecular formula is C21H23N3O. The third kappa shape index (κ3) is 3.04. The van der Waals surface area contributed by atoms with Crippen LogP contribution >= 0.6 is 0 Å². The Hall–Kier alpha value is -2.62. The van der Waals surface area contributed by atoms with Crippen molar-refractivity contribution in [1.82, 2.24) is 9.55 Å². The molecule has 1 fully saturated rings. The van der Waals surface area contributed by atoms with Crippen molar-refractivity contribution in [3.05, 3.63) is 54.6 Å². The van der Waals surface area contributed by atoms with Gasteiger partial charge in [-0.3, -0.25) is 0 Å². The normalized spacial score (nSPS) is 20.5. The van der Waals surface area contributed by atoms with Crippen molar-refractivity contribution in [2.75, 3.05) is 0 Å². The predicted octanol–water partition coefficient (Wildman–Crippen LogP) is 5.43. The second kappa shape index (κ2) is 7.09. The average molecular weight is 333 g/mol. The first-order valence-electron chi connectivity index (χ1n) is 9.11. The second-order valence-electron chi connectivity index (χ2n) is 6.72. The molecule has 4 heteroatoms. The van der Waals surface area contributed by atoms with E-state index in [0.29, 0.717) is 0 Å². The smallest absolute Gasteiger partial charge is 0.141 e. The predicted molar refractivity (Wildman–Crippen MR) is 101 cm³/mol. The van der Waals surface area contributed by atoms with Gasteiger partial charge < -0.3 is 9.77 Å². The molecule has 1 atom stereocenters. The molecule has 1 aromatic heterocycles. The van der Waals surface area contributed by atoms with Gasteiger partial charge in [0.15, 0.2) is 0 Å². The molecule has 0 amide bonds. The number of benzene rings is 2. The Morgan fingerprint density at radius 3 is 2.52 bits per heavy atom. The Bertz CT molecular complexity index is 883. The van der Waals surface area contributed by atoms with Gasteiger partial charge in [-0.2, -0.15) is 0 Å². The molecule has 3 aromatic rings. The van der Waals surface area contributed by atoms with E-state index in [1.807, 2.05) is 30.3 Å². The van der Waals surface area contributed by atoms with Crippen LogP contribution in [0.2, 0.25) is 0 Å². The van der Waals surface area contributed by atoms with Crippen LogP contribution in [-0.2, 0) is 0 Å². The van der Waals surface area contributed by atoms with E-state index in [1.54, 1.807) is 0 Å². The Morgan fingerprint density at radius 2 is 1.68 bits per heavy atom. The molecule has 1 aliphatic carbocycles. The highest BCUT2D eigenvalue weighted by molar-refractivity contribution is 5.91. The minimum Gasteiger partial charge on any atom is -0.411 e. The molecule has 128 valence electrons. The summed E-state index contributed by atoms with van der Waals surface area (Å²) in [5, 5.41) is 13.4. The fourth-order valence-electron chi connectivity index (χ4n) is 3.88. The molecule has 4 rings (SSSR count). The number of rotatable bonds is 2. The first-order valence-corrected chi connectivity index (χ1v) is 9.11. The summed E-state index contributed by atoms with van der Waals surface area (Å²) in [5.41, 5.74) is 4.06. The van der Waals surface area contributed by atoms with Crippen LogP contribution in [0.3, 0.4) is 0 Å². The Balaban J connectivity index is 1.92. The molecule has 0 spiro atoms. The van der Waals surface area contributed by atoms with Gasteiger partial charge in [0.25, 0.3) is 0 Å². The summed E-state index contributed by atoms with van der Waals surface area (Å²) < 4.78 is 2.28. The molecular weight excluding hydrogens is 310 g/mol. The van der Waals surface area contributed by atoms with Crippen LogP contribution in [0.4, 0.5) is 0 Å². The Morgan fingerprint density at radius 1 is 0.920 bits per heavy atom. The van der Waals surface area contributed by atoms with Crippen molar-refractivity contribution < 1.29 is 5.21 Å². The summed E-state index contributed by atoms with van der Waals surface area (Å²) in [5.74, 6) is 0.952. The Kier molecular flexibility index (Phi) is 4.51. The quantitative estimate of drug-likeness (QED) is 0.502. The molecule has 4 nitrogen and oxygen atoms in total. The van der Waals surface area contributed by atoms with Crippen molar-refractivity contribution in [3.8, 4) is 11.4 Å². The number of fused-ring (bicyclic) bond motifs is 1. The third-order valence-electron chi connectivity index (χ3n) is 5.11. The summed E-state index contributed by atoms with van der Waals surface area (Å²) in [6, 6.07) is 18.6. The van der Waals surface area contributed by atoms with Crippen molar-refractivity contribution in [2.24, 2.45) is 5.16 Å². The summed E-state index contributed by atoms with van der Waals surface area (Å²) in [7, 11) is 0. The fourth-order valence-corrected chi connectivity index (χ4v) is 3.88. The van der Waals surface area contributed by atoms with Crippen LogP contribution in [0.15, 0.2) is 59.8 Å². The number of nitrogens with zero attached hydrogens (tertiary/aromatic N) is 3. The first-order chi connectivity index (χ1) is 12.4. The van der Waals surface area contributed by atoms with Crippen molar-refractivity contribution >= 4 is 16.7 Å². The topological polar surface area (TPSA) is 50.4 Å². The molecule has 1 saturated carbocycles. The van der Waals surface area contributed by atoms with Gasteiger partial charge in [0, 0.05) is 5.56 Å². The summed E-state index contributed by atoms with van der Waals surface area (Å²) in [6.07, 6.45) is 6.51. The van der Waals surface area contributed by atoms with Crippen LogP contribution < -0.4 is 0 Å². The van der Waals surface area contributed by atoms with Crippen LogP contribution in [0.1, 0.15) is 44.6 Å². The van der Waals surface area contributed by atoms with Crippen molar-refractivity contribution in [1.29, 1.82) is 0 Å². The standard InChI is InChI=1S/C21H23N3O/c25-23-18-13-6-1-2-7-14-20(18)24-19-15-9-8-12-17(19)22-21(24)16-10-4-3-5-11-16/h3-5,8-12,15,20,25H,1-2,6-7,13-14H2/b23-18-/t20-/m1/s1. The molecule has 1 N–H and O–H groups in total. The molecule has 1 heterocycles. The summed E-state index contributed by atoms with van der Waals surface area (Å²) in [4.78, 5) is 4.91. The second-order valence-corrected chi connectivity index (χ2v) is 6.72. The number of para-hydroxylation sites is 2. The highest BCUT2D eigenvalue weighted by Crippen LogP contribution is 2.33. The summed E-state index contributed by atoms with van der Waals surface area (Å²) >= 11 is 0. The zero-order chi connectivity index (χ0) is 17.1. The lowest BCUT2D eigenvalue weighted by molar-refractivity contribution is 0.310. The van der Waals surface area contributed by atoms with Crippen LogP contribution in [-0.4, -0.2) is 20.5 Å². The number of hydrogen-bond donors (Lipinski definition) is 1. The van der Waals surface area contributed by atoms with Crippen LogP contribution in [0, 0.1) is 0 Å². The van der Waals surface area contributed by atoms with Gasteiger partial charge in [-0.1, -0.05) is 66.9 Å². The largest absolute Gasteiger partial charge is 0.411 e. The molecule has 2 aromatic carbocycles. The first kappa shape index (κ1) is 15.9. The molecule has 25 heavy (non-hydrogen) atoms. The number of imidazole rings is 1. The molecule has 0 unspecified atom stereocenters. The van der Waals surface area contributed by atoms with Crippen LogP contribution in [0.5, 0.6) is 0 Å². The SMILES string of the molecule is O/N=C1/CCCCCC[C@H]1n1c(-c2ccccc2)nc2ccccc21.